The molecule has 0 heterocycles. The van der Waals surface area contributed by atoms with Crippen molar-refractivity contribution in [3.05, 3.63) is 65.2 Å². The zero-order valence-electron chi connectivity index (χ0n) is 9.39. The van der Waals surface area contributed by atoms with E-state index in [2.05, 4.69) is 12.1 Å². The third-order valence-corrected chi connectivity index (χ3v) is 2.71. The molecule has 0 aromatic heterocycles. The summed E-state index contributed by atoms with van der Waals surface area (Å²) in [5.41, 5.74) is 2.53. The quantitative estimate of drug-likeness (QED) is 0.783. The Bertz CT molecular complexity index is 541. The van der Waals surface area contributed by atoms with Gasteiger partial charge in [-0.25, -0.2) is 0 Å². The molecule has 0 fully saturated rings. The fraction of sp³-hybridized carbons (Fsp3) is 0.133. The highest BCUT2D eigenvalue weighted by atomic mass is 16.3. The SMILES string of the molecule is N#Cc1cc(CCc2ccccc2)ccc1[O]. The van der Waals surface area contributed by atoms with Crippen molar-refractivity contribution in [3.8, 4) is 11.8 Å². The van der Waals surface area contributed by atoms with E-state index in [0.29, 0.717) is 0 Å². The van der Waals surface area contributed by atoms with Gasteiger partial charge in [0.2, 0.25) is 0 Å². The maximum Gasteiger partial charge on any atom is 0.196 e. The lowest BCUT2D eigenvalue weighted by Crippen LogP contribution is -1.91. The molecule has 0 saturated carbocycles. The van der Waals surface area contributed by atoms with Crippen LogP contribution < -0.4 is 0 Å². The Balaban J connectivity index is 2.08. The summed E-state index contributed by atoms with van der Waals surface area (Å²) < 4.78 is 0. The third kappa shape index (κ3) is 2.85. The number of hydrogen-bond donors (Lipinski definition) is 0. The molecule has 2 aromatic carbocycles. The molecule has 2 nitrogen and oxygen atoms in total. The lowest BCUT2D eigenvalue weighted by atomic mass is 10.0. The minimum atomic E-state index is -0.198. The van der Waals surface area contributed by atoms with Gasteiger partial charge in [-0.05, 0) is 36.1 Å². The molecule has 0 aliphatic carbocycles. The van der Waals surface area contributed by atoms with Gasteiger partial charge in [0, 0.05) is 0 Å². The molecule has 0 spiro atoms. The molecule has 0 aliphatic heterocycles. The van der Waals surface area contributed by atoms with Crippen LogP contribution >= 0.6 is 0 Å². The number of hydrogen-bond acceptors (Lipinski definition) is 1. The smallest absolute Gasteiger partial charge is 0.196 e. The summed E-state index contributed by atoms with van der Waals surface area (Å²) in [6.07, 6.45) is 1.77. The Morgan fingerprint density at radius 2 is 1.65 bits per heavy atom. The van der Waals surface area contributed by atoms with Gasteiger partial charge in [-0.2, -0.15) is 5.26 Å². The van der Waals surface area contributed by atoms with Crippen molar-refractivity contribution in [2.75, 3.05) is 0 Å². The van der Waals surface area contributed by atoms with Crippen molar-refractivity contribution >= 4 is 0 Å². The van der Waals surface area contributed by atoms with Crippen LogP contribution in [-0.2, 0) is 17.9 Å². The highest BCUT2D eigenvalue weighted by molar-refractivity contribution is 5.44. The van der Waals surface area contributed by atoms with Gasteiger partial charge in [0.1, 0.15) is 6.07 Å². The van der Waals surface area contributed by atoms with Crippen LogP contribution in [0.25, 0.3) is 0 Å². The second-order valence-corrected chi connectivity index (χ2v) is 3.93. The van der Waals surface area contributed by atoms with Gasteiger partial charge in [0.25, 0.3) is 0 Å². The Kier molecular flexibility index (Phi) is 3.42. The fourth-order valence-corrected chi connectivity index (χ4v) is 1.75. The molecule has 2 rings (SSSR count). The number of benzene rings is 2. The first-order chi connectivity index (χ1) is 8.29. The minimum absolute atomic E-state index is 0.198. The summed E-state index contributed by atoms with van der Waals surface area (Å²) in [6, 6.07) is 17.0. The molecule has 2 aromatic rings. The van der Waals surface area contributed by atoms with Crippen molar-refractivity contribution in [1.29, 1.82) is 5.26 Å². The van der Waals surface area contributed by atoms with Gasteiger partial charge < -0.3 is 0 Å². The number of nitriles is 1. The van der Waals surface area contributed by atoms with Crippen LogP contribution in [0.15, 0.2) is 48.5 Å². The molecule has 83 valence electrons. The molecule has 0 bridgehead atoms. The van der Waals surface area contributed by atoms with Crippen molar-refractivity contribution < 1.29 is 5.11 Å². The predicted octanol–water partition coefficient (Wildman–Crippen LogP) is 3.49. The second kappa shape index (κ2) is 5.18. The predicted molar refractivity (Wildman–Crippen MR) is 65.1 cm³/mol. The normalized spacial score (nSPS) is 9.82. The maximum atomic E-state index is 11.3. The summed E-state index contributed by atoms with van der Waals surface area (Å²) in [4.78, 5) is 0. The summed E-state index contributed by atoms with van der Waals surface area (Å²) in [5, 5.41) is 20.0. The summed E-state index contributed by atoms with van der Waals surface area (Å²) in [6.45, 7) is 0. The molecule has 0 atom stereocenters. The second-order valence-electron chi connectivity index (χ2n) is 3.93. The average molecular weight is 222 g/mol. The molecule has 17 heavy (non-hydrogen) atoms. The average Bonchev–Trinajstić information content (AvgIpc) is 2.39. The molecular formula is C15H12NO. The van der Waals surface area contributed by atoms with Crippen molar-refractivity contribution in [3.63, 3.8) is 0 Å². The minimum Gasteiger partial charge on any atom is -0.288 e. The van der Waals surface area contributed by atoms with Crippen LogP contribution in [0.3, 0.4) is 0 Å². The van der Waals surface area contributed by atoms with E-state index in [1.54, 1.807) is 12.1 Å². The van der Waals surface area contributed by atoms with E-state index in [-0.39, 0.29) is 11.3 Å². The van der Waals surface area contributed by atoms with Crippen molar-refractivity contribution in [1.82, 2.24) is 0 Å². The van der Waals surface area contributed by atoms with E-state index in [0.717, 1.165) is 18.4 Å². The number of nitrogens with zero attached hydrogens (tertiary/aromatic N) is 1. The van der Waals surface area contributed by atoms with Gasteiger partial charge in [0.15, 0.2) is 5.75 Å². The maximum absolute atomic E-state index is 11.3. The van der Waals surface area contributed by atoms with E-state index in [1.807, 2.05) is 24.3 Å². The van der Waals surface area contributed by atoms with Gasteiger partial charge in [-0.15, -0.1) is 0 Å². The molecule has 0 aliphatic rings. The van der Waals surface area contributed by atoms with Gasteiger partial charge in [0.05, 0.1) is 5.56 Å². The van der Waals surface area contributed by atoms with Crippen LogP contribution in [0, 0.1) is 11.3 Å². The largest absolute Gasteiger partial charge is 0.288 e. The Morgan fingerprint density at radius 3 is 2.35 bits per heavy atom. The van der Waals surface area contributed by atoms with Crippen LogP contribution in [0.4, 0.5) is 0 Å². The summed E-state index contributed by atoms with van der Waals surface area (Å²) in [5.74, 6) is -0.198. The first-order valence-corrected chi connectivity index (χ1v) is 5.53. The van der Waals surface area contributed by atoms with Gasteiger partial charge >= 0.3 is 0 Å². The Hall–Kier alpha value is -2.27. The molecule has 0 N–H and O–H groups in total. The first kappa shape index (κ1) is 11.2. The van der Waals surface area contributed by atoms with Gasteiger partial charge in [-0.3, -0.25) is 5.11 Å². The van der Waals surface area contributed by atoms with Gasteiger partial charge in [-0.1, -0.05) is 36.4 Å². The highest BCUT2D eigenvalue weighted by Gasteiger charge is 2.03. The monoisotopic (exact) mass is 222 g/mol. The lowest BCUT2D eigenvalue weighted by molar-refractivity contribution is 0.353. The standard InChI is InChI=1S/C15H12NO/c16-11-14-10-13(8-9-15(14)17)7-6-12-4-2-1-3-5-12/h1-5,8-10H,6-7H2. The molecule has 1 radical (unpaired) electrons. The first-order valence-electron chi connectivity index (χ1n) is 5.53. The van der Waals surface area contributed by atoms with E-state index in [4.69, 9.17) is 5.26 Å². The zero-order chi connectivity index (χ0) is 12.1. The van der Waals surface area contributed by atoms with E-state index >= 15 is 0 Å². The zero-order valence-corrected chi connectivity index (χ0v) is 9.39. The molecule has 0 amide bonds. The molecular weight excluding hydrogens is 210 g/mol. The van der Waals surface area contributed by atoms with Crippen LogP contribution in [-0.4, -0.2) is 0 Å². The van der Waals surface area contributed by atoms with Crippen LogP contribution in [0.5, 0.6) is 5.75 Å². The Labute approximate surface area is 101 Å². The summed E-state index contributed by atoms with van der Waals surface area (Å²) >= 11 is 0. The highest BCUT2D eigenvalue weighted by Crippen LogP contribution is 2.19. The molecule has 2 heteroatoms. The van der Waals surface area contributed by atoms with E-state index in [1.165, 1.54) is 11.6 Å². The van der Waals surface area contributed by atoms with Crippen LogP contribution in [0.2, 0.25) is 0 Å². The molecule has 0 unspecified atom stereocenters. The number of aryl methyl sites for hydroxylation is 2. The molecule has 0 saturated heterocycles. The van der Waals surface area contributed by atoms with Crippen molar-refractivity contribution in [2.45, 2.75) is 12.8 Å². The van der Waals surface area contributed by atoms with E-state index < -0.39 is 0 Å². The van der Waals surface area contributed by atoms with Crippen molar-refractivity contribution in [2.24, 2.45) is 0 Å². The summed E-state index contributed by atoms with van der Waals surface area (Å²) in [7, 11) is 0. The number of rotatable bonds is 3. The van der Waals surface area contributed by atoms with E-state index in [9.17, 15) is 5.11 Å². The lowest BCUT2D eigenvalue weighted by Gasteiger charge is -2.02. The topological polar surface area (TPSA) is 43.7 Å². The Morgan fingerprint density at radius 1 is 0.941 bits per heavy atom. The third-order valence-electron chi connectivity index (χ3n) is 2.71. The van der Waals surface area contributed by atoms with Crippen LogP contribution in [0.1, 0.15) is 16.7 Å². The fourth-order valence-electron chi connectivity index (χ4n) is 1.75.